The maximum atomic E-state index is 13.8. The summed E-state index contributed by atoms with van der Waals surface area (Å²) >= 11 is 0. The van der Waals surface area contributed by atoms with E-state index in [4.69, 9.17) is 0 Å². The molecular formula is C19H22F2N2. The summed E-state index contributed by atoms with van der Waals surface area (Å²) in [7, 11) is 0. The Labute approximate surface area is 136 Å². The van der Waals surface area contributed by atoms with Crippen molar-refractivity contribution in [3.8, 4) is 0 Å². The Balaban J connectivity index is 1.56. The van der Waals surface area contributed by atoms with Crippen LogP contribution in [0, 0.1) is 11.6 Å². The Kier molecular flexibility index (Phi) is 4.91. The van der Waals surface area contributed by atoms with Gasteiger partial charge in [-0.15, -0.1) is 0 Å². The molecule has 1 aliphatic heterocycles. The van der Waals surface area contributed by atoms with Crippen molar-refractivity contribution in [2.45, 2.75) is 19.4 Å². The maximum Gasteiger partial charge on any atom is 0.126 e. The van der Waals surface area contributed by atoms with Gasteiger partial charge >= 0.3 is 0 Å². The van der Waals surface area contributed by atoms with Gasteiger partial charge < -0.3 is 4.90 Å². The van der Waals surface area contributed by atoms with Crippen LogP contribution in [0.5, 0.6) is 0 Å². The predicted molar refractivity (Wildman–Crippen MR) is 89.8 cm³/mol. The minimum atomic E-state index is -0.203. The molecule has 1 saturated heterocycles. The highest BCUT2D eigenvalue weighted by molar-refractivity contribution is 5.46. The van der Waals surface area contributed by atoms with Gasteiger partial charge in [0, 0.05) is 37.9 Å². The molecule has 0 amide bonds. The van der Waals surface area contributed by atoms with Gasteiger partial charge in [0.15, 0.2) is 0 Å². The Hall–Kier alpha value is -1.94. The first-order chi connectivity index (χ1) is 11.1. The van der Waals surface area contributed by atoms with Gasteiger partial charge in [0.05, 0.1) is 0 Å². The molecule has 3 rings (SSSR count). The molecule has 23 heavy (non-hydrogen) atoms. The second-order valence-corrected chi connectivity index (χ2v) is 6.14. The molecule has 2 aromatic rings. The monoisotopic (exact) mass is 316 g/mol. The van der Waals surface area contributed by atoms with Crippen molar-refractivity contribution in [2.24, 2.45) is 0 Å². The third kappa shape index (κ3) is 3.88. The summed E-state index contributed by atoms with van der Waals surface area (Å²) < 4.78 is 26.8. The fraction of sp³-hybridized carbons (Fsp3) is 0.368. The third-order valence-corrected chi connectivity index (χ3v) is 4.60. The molecule has 1 unspecified atom stereocenters. The molecule has 0 N–H and O–H groups in total. The van der Waals surface area contributed by atoms with E-state index < -0.39 is 0 Å². The summed E-state index contributed by atoms with van der Waals surface area (Å²) in [5.74, 6) is -0.324. The Morgan fingerprint density at radius 2 is 1.57 bits per heavy atom. The first-order valence-corrected chi connectivity index (χ1v) is 8.11. The van der Waals surface area contributed by atoms with E-state index in [-0.39, 0.29) is 11.6 Å². The van der Waals surface area contributed by atoms with Crippen LogP contribution in [0.1, 0.15) is 12.5 Å². The van der Waals surface area contributed by atoms with Crippen LogP contribution in [0.25, 0.3) is 0 Å². The summed E-state index contributed by atoms with van der Waals surface area (Å²) in [6.45, 7) is 5.85. The highest BCUT2D eigenvalue weighted by Gasteiger charge is 2.22. The Morgan fingerprint density at radius 1 is 0.913 bits per heavy atom. The Morgan fingerprint density at radius 3 is 2.22 bits per heavy atom. The average Bonchev–Trinajstić information content (AvgIpc) is 2.58. The first-order valence-electron chi connectivity index (χ1n) is 8.11. The van der Waals surface area contributed by atoms with Gasteiger partial charge in [-0.05, 0) is 49.2 Å². The minimum Gasteiger partial charge on any atom is -0.369 e. The highest BCUT2D eigenvalue weighted by Crippen LogP contribution is 2.19. The number of hydrogen-bond acceptors (Lipinski definition) is 2. The lowest BCUT2D eigenvalue weighted by molar-refractivity contribution is 0.195. The van der Waals surface area contributed by atoms with Crippen molar-refractivity contribution in [1.29, 1.82) is 0 Å². The topological polar surface area (TPSA) is 6.48 Å². The molecule has 2 nitrogen and oxygen atoms in total. The summed E-state index contributed by atoms with van der Waals surface area (Å²) in [6.07, 6.45) is 0.725. The van der Waals surface area contributed by atoms with E-state index in [1.54, 1.807) is 6.07 Å². The van der Waals surface area contributed by atoms with E-state index in [1.807, 2.05) is 24.3 Å². The van der Waals surface area contributed by atoms with Crippen molar-refractivity contribution in [1.82, 2.24) is 4.90 Å². The lowest BCUT2D eigenvalue weighted by atomic mass is 10.0. The van der Waals surface area contributed by atoms with Gasteiger partial charge in [-0.2, -0.15) is 0 Å². The third-order valence-electron chi connectivity index (χ3n) is 4.60. The van der Waals surface area contributed by atoms with E-state index >= 15 is 0 Å². The second-order valence-electron chi connectivity index (χ2n) is 6.14. The fourth-order valence-corrected chi connectivity index (χ4v) is 3.18. The maximum absolute atomic E-state index is 13.8. The van der Waals surface area contributed by atoms with Crippen molar-refractivity contribution < 1.29 is 8.78 Å². The van der Waals surface area contributed by atoms with E-state index in [0.29, 0.717) is 6.04 Å². The Bertz CT molecular complexity index is 634. The van der Waals surface area contributed by atoms with Crippen molar-refractivity contribution in [2.75, 3.05) is 31.1 Å². The number of halogens is 2. The largest absolute Gasteiger partial charge is 0.369 e. The lowest BCUT2D eigenvalue weighted by Gasteiger charge is -2.39. The summed E-state index contributed by atoms with van der Waals surface area (Å²) in [5.41, 5.74) is 1.84. The van der Waals surface area contributed by atoms with Gasteiger partial charge in [0.1, 0.15) is 11.6 Å². The van der Waals surface area contributed by atoms with Crippen molar-refractivity contribution >= 4 is 5.69 Å². The van der Waals surface area contributed by atoms with Crippen molar-refractivity contribution in [3.05, 3.63) is 65.7 Å². The summed E-state index contributed by atoms with van der Waals surface area (Å²) in [5, 5.41) is 0. The molecule has 122 valence electrons. The molecule has 0 aromatic heterocycles. The summed E-state index contributed by atoms with van der Waals surface area (Å²) in [4.78, 5) is 4.66. The van der Waals surface area contributed by atoms with E-state index in [9.17, 15) is 8.78 Å². The van der Waals surface area contributed by atoms with E-state index in [1.165, 1.54) is 18.2 Å². The fourth-order valence-electron chi connectivity index (χ4n) is 3.18. The van der Waals surface area contributed by atoms with E-state index in [2.05, 4.69) is 16.7 Å². The minimum absolute atomic E-state index is 0.121. The van der Waals surface area contributed by atoms with Crippen LogP contribution in [0.15, 0.2) is 48.5 Å². The van der Waals surface area contributed by atoms with Crippen LogP contribution in [0.3, 0.4) is 0 Å². The number of hydrogen-bond donors (Lipinski definition) is 0. The second kappa shape index (κ2) is 7.09. The molecule has 4 heteroatoms. The molecule has 1 heterocycles. The zero-order valence-electron chi connectivity index (χ0n) is 13.4. The number of benzene rings is 2. The number of nitrogens with zero attached hydrogens (tertiary/aromatic N) is 2. The molecule has 1 aliphatic rings. The molecule has 0 radical (unpaired) electrons. The van der Waals surface area contributed by atoms with Crippen LogP contribution >= 0.6 is 0 Å². The molecule has 1 atom stereocenters. The van der Waals surface area contributed by atoms with E-state index in [0.717, 1.165) is 43.9 Å². The van der Waals surface area contributed by atoms with Crippen LogP contribution in [0.4, 0.5) is 14.5 Å². The van der Waals surface area contributed by atoms with Crippen LogP contribution in [-0.4, -0.2) is 37.1 Å². The summed E-state index contributed by atoms with van der Waals surface area (Å²) in [6, 6.07) is 14.0. The van der Waals surface area contributed by atoms with Crippen LogP contribution in [0.2, 0.25) is 0 Å². The van der Waals surface area contributed by atoms with Crippen molar-refractivity contribution in [3.63, 3.8) is 0 Å². The van der Waals surface area contributed by atoms with Gasteiger partial charge in [-0.25, -0.2) is 8.78 Å². The highest BCUT2D eigenvalue weighted by atomic mass is 19.1. The average molecular weight is 316 g/mol. The zero-order chi connectivity index (χ0) is 16.2. The van der Waals surface area contributed by atoms with Gasteiger partial charge in [0.25, 0.3) is 0 Å². The molecular weight excluding hydrogens is 294 g/mol. The zero-order valence-corrected chi connectivity index (χ0v) is 13.4. The standard InChI is InChI=1S/C19H22F2N2/c1-15(14-16-4-2-3-5-19(16)21)22-10-12-23(13-11-22)18-8-6-17(20)7-9-18/h2-9,15H,10-14H2,1H3. The van der Waals surface area contributed by atoms with Gasteiger partial charge in [-0.1, -0.05) is 18.2 Å². The number of piperazine rings is 1. The molecule has 1 fully saturated rings. The number of anilines is 1. The number of rotatable bonds is 4. The quantitative estimate of drug-likeness (QED) is 0.848. The van der Waals surface area contributed by atoms with Crippen LogP contribution in [-0.2, 0) is 6.42 Å². The molecule has 0 spiro atoms. The van der Waals surface area contributed by atoms with Gasteiger partial charge in [-0.3, -0.25) is 4.90 Å². The smallest absolute Gasteiger partial charge is 0.126 e. The predicted octanol–water partition coefficient (Wildman–Crippen LogP) is 3.72. The first kappa shape index (κ1) is 15.9. The molecule has 2 aromatic carbocycles. The SMILES string of the molecule is CC(Cc1ccccc1F)N1CCN(c2ccc(F)cc2)CC1. The molecule has 0 bridgehead atoms. The lowest BCUT2D eigenvalue weighted by Crippen LogP contribution is -2.50. The normalized spacial score (nSPS) is 17.3. The molecule has 0 saturated carbocycles. The molecule has 0 aliphatic carbocycles. The van der Waals surface area contributed by atoms with Crippen LogP contribution < -0.4 is 4.90 Å². The van der Waals surface area contributed by atoms with Gasteiger partial charge in [0.2, 0.25) is 0 Å².